The molecular formula is C25H23BrF4N2O7. The summed E-state index contributed by atoms with van der Waals surface area (Å²) in [6.45, 7) is 3.96. The number of para-hydroxylation sites is 1. The van der Waals surface area contributed by atoms with E-state index in [-0.39, 0.29) is 41.2 Å². The number of rotatable bonds is 10. The van der Waals surface area contributed by atoms with Gasteiger partial charge in [-0.15, -0.1) is 13.2 Å². The van der Waals surface area contributed by atoms with Crippen molar-refractivity contribution in [2.75, 3.05) is 19.8 Å². The second kappa shape index (κ2) is 12.5. The van der Waals surface area contributed by atoms with E-state index >= 15 is 0 Å². The fourth-order valence-electron chi connectivity index (χ4n) is 3.98. The molecule has 0 saturated carbocycles. The van der Waals surface area contributed by atoms with Gasteiger partial charge in [0.2, 0.25) is 0 Å². The molecule has 1 atom stereocenters. The quantitative estimate of drug-likeness (QED) is 0.132. The first kappa shape index (κ1) is 29.9. The van der Waals surface area contributed by atoms with Crippen molar-refractivity contribution in [3.63, 3.8) is 0 Å². The van der Waals surface area contributed by atoms with Crippen LogP contribution >= 0.6 is 15.9 Å². The Morgan fingerprint density at radius 1 is 1.00 bits per heavy atom. The summed E-state index contributed by atoms with van der Waals surface area (Å²) in [7, 11) is 0. The molecule has 3 rings (SSSR count). The van der Waals surface area contributed by atoms with Crippen LogP contribution in [0.4, 0.5) is 17.6 Å². The van der Waals surface area contributed by atoms with Crippen LogP contribution in [0.3, 0.4) is 0 Å². The summed E-state index contributed by atoms with van der Waals surface area (Å²) < 4.78 is 75.2. The van der Waals surface area contributed by atoms with Gasteiger partial charge in [0.1, 0.15) is 17.2 Å². The summed E-state index contributed by atoms with van der Waals surface area (Å²) in [6.07, 6.45) is -4.00. The van der Waals surface area contributed by atoms with Crippen molar-refractivity contribution in [1.29, 1.82) is 0 Å². The normalized spacial score (nSPS) is 12.3. The highest BCUT2D eigenvalue weighted by molar-refractivity contribution is 9.10. The van der Waals surface area contributed by atoms with E-state index in [0.29, 0.717) is 0 Å². The summed E-state index contributed by atoms with van der Waals surface area (Å²) in [4.78, 5) is 43.6. The number of halogens is 5. The zero-order valence-corrected chi connectivity index (χ0v) is 22.5. The van der Waals surface area contributed by atoms with Crippen molar-refractivity contribution >= 4 is 39.5 Å². The number of nitrogens with zero attached hydrogens (tertiary/aromatic N) is 2. The monoisotopic (exact) mass is 618 g/mol. The highest BCUT2D eigenvalue weighted by atomic mass is 79.9. The number of hydrogen-bond acceptors (Lipinski definition) is 8. The number of aromatic nitrogens is 2. The molecule has 0 aliphatic carbocycles. The molecular weight excluding hydrogens is 596 g/mol. The Kier molecular flexibility index (Phi) is 9.54. The molecule has 0 aliphatic rings. The summed E-state index contributed by atoms with van der Waals surface area (Å²) in [6, 6.07) is 5.71. The van der Waals surface area contributed by atoms with Crippen LogP contribution in [0, 0.1) is 11.7 Å². The van der Waals surface area contributed by atoms with Gasteiger partial charge in [-0.1, -0.05) is 18.2 Å². The first-order valence-corrected chi connectivity index (χ1v) is 12.4. The van der Waals surface area contributed by atoms with Crippen LogP contribution in [0.1, 0.15) is 48.4 Å². The number of ether oxygens (including phenoxy) is 4. The predicted octanol–water partition coefficient (Wildman–Crippen LogP) is 5.19. The number of carbonyl (C=O) groups is 3. The lowest BCUT2D eigenvalue weighted by molar-refractivity contribution is -0.275. The van der Waals surface area contributed by atoms with E-state index in [1.807, 2.05) is 0 Å². The molecule has 0 radical (unpaired) electrons. The molecule has 2 aromatic heterocycles. The van der Waals surface area contributed by atoms with Crippen LogP contribution in [0.5, 0.6) is 5.75 Å². The number of esters is 3. The Hall–Kier alpha value is -3.68. The van der Waals surface area contributed by atoms with E-state index in [1.54, 1.807) is 0 Å². The van der Waals surface area contributed by atoms with Gasteiger partial charge in [0.05, 0.1) is 35.9 Å². The average Bonchev–Trinajstić information content (AvgIpc) is 3.20. The summed E-state index contributed by atoms with van der Waals surface area (Å²) in [5.41, 5.74) is -1.21. The van der Waals surface area contributed by atoms with Crippen LogP contribution < -0.4 is 4.74 Å². The number of fused-ring (bicyclic) bond motifs is 1. The summed E-state index contributed by atoms with van der Waals surface area (Å²) in [5.74, 6) is -8.48. The molecule has 1 aromatic carbocycles. The molecule has 0 bridgehead atoms. The van der Waals surface area contributed by atoms with Gasteiger partial charge in [-0.2, -0.15) is 0 Å². The highest BCUT2D eigenvalue weighted by Gasteiger charge is 2.45. The van der Waals surface area contributed by atoms with Gasteiger partial charge in [-0.25, -0.2) is 14.2 Å². The third-order valence-electron chi connectivity index (χ3n) is 5.36. The fraction of sp³-hybridized carbons (Fsp3) is 0.360. The van der Waals surface area contributed by atoms with Gasteiger partial charge in [-0.05, 0) is 42.8 Å². The Labute approximate surface area is 228 Å². The minimum atomic E-state index is -5.15. The van der Waals surface area contributed by atoms with E-state index in [1.165, 1.54) is 43.4 Å². The maximum Gasteiger partial charge on any atom is 0.573 e. The van der Waals surface area contributed by atoms with Gasteiger partial charge in [-0.3, -0.25) is 9.59 Å². The molecule has 0 N–H and O–H groups in total. The Balaban J connectivity index is 2.49. The van der Waals surface area contributed by atoms with Crippen LogP contribution in [-0.2, 0) is 23.8 Å². The molecule has 39 heavy (non-hydrogen) atoms. The largest absolute Gasteiger partial charge is 0.573 e. The number of pyridine rings is 1. The average molecular weight is 619 g/mol. The van der Waals surface area contributed by atoms with Crippen molar-refractivity contribution < 1.29 is 50.9 Å². The number of imidazole rings is 1. The number of benzene rings is 1. The standard InChI is InChI=1S/C25H23BrF4N2O7/c1-4-36-22(33)19(23(34)37-5-2)18(13-9-7-8-10-16(13)39-25(28,29)30)21-20(24(35)38-6-3)31-17-11-15(27)14(26)12-32(17)21/h7-12,18-19H,4-6H2,1-3H3. The number of alkyl halides is 3. The minimum Gasteiger partial charge on any atom is -0.465 e. The molecule has 0 aliphatic heterocycles. The van der Waals surface area contributed by atoms with Gasteiger partial charge in [0.25, 0.3) is 0 Å². The Bertz CT molecular complexity index is 1360. The molecule has 0 amide bonds. The van der Waals surface area contributed by atoms with Crippen LogP contribution in [0.25, 0.3) is 5.65 Å². The van der Waals surface area contributed by atoms with E-state index < -0.39 is 53.4 Å². The SMILES string of the molecule is CCOC(=O)c1nc2cc(F)c(Br)cn2c1C(c1ccccc1OC(F)(F)F)C(C(=O)OCC)C(=O)OCC. The second-order valence-electron chi connectivity index (χ2n) is 7.81. The third kappa shape index (κ3) is 6.67. The lowest BCUT2D eigenvalue weighted by atomic mass is 9.81. The molecule has 0 saturated heterocycles. The van der Waals surface area contributed by atoms with Crippen molar-refractivity contribution in [2.24, 2.45) is 5.92 Å². The fourth-order valence-corrected chi connectivity index (χ4v) is 4.30. The highest BCUT2D eigenvalue weighted by Crippen LogP contribution is 2.42. The first-order valence-electron chi connectivity index (χ1n) is 11.6. The van der Waals surface area contributed by atoms with Crippen molar-refractivity contribution in [1.82, 2.24) is 9.38 Å². The zero-order valence-electron chi connectivity index (χ0n) is 20.9. The molecule has 0 spiro atoms. The molecule has 14 heteroatoms. The molecule has 0 fully saturated rings. The van der Waals surface area contributed by atoms with Crippen LogP contribution in [0.2, 0.25) is 0 Å². The lowest BCUT2D eigenvalue weighted by Gasteiger charge is -2.27. The van der Waals surface area contributed by atoms with Crippen molar-refractivity contribution in [3.8, 4) is 5.75 Å². The van der Waals surface area contributed by atoms with E-state index in [9.17, 15) is 31.9 Å². The number of hydrogen-bond donors (Lipinski definition) is 0. The lowest BCUT2D eigenvalue weighted by Crippen LogP contribution is -2.35. The molecule has 9 nitrogen and oxygen atoms in total. The Morgan fingerprint density at radius 3 is 2.15 bits per heavy atom. The van der Waals surface area contributed by atoms with Crippen molar-refractivity contribution in [3.05, 3.63) is 63.8 Å². The molecule has 3 aromatic rings. The maximum atomic E-state index is 14.4. The summed E-state index contributed by atoms with van der Waals surface area (Å²) >= 11 is 3.04. The molecule has 210 valence electrons. The molecule has 2 heterocycles. The second-order valence-corrected chi connectivity index (χ2v) is 8.66. The smallest absolute Gasteiger partial charge is 0.465 e. The predicted molar refractivity (Wildman–Crippen MR) is 131 cm³/mol. The van der Waals surface area contributed by atoms with Gasteiger partial charge < -0.3 is 23.3 Å². The number of carbonyl (C=O) groups excluding carboxylic acids is 3. The van der Waals surface area contributed by atoms with Gasteiger partial charge >= 0.3 is 24.3 Å². The van der Waals surface area contributed by atoms with Gasteiger partial charge in [0.15, 0.2) is 11.6 Å². The first-order chi connectivity index (χ1) is 18.4. The third-order valence-corrected chi connectivity index (χ3v) is 5.94. The van der Waals surface area contributed by atoms with Crippen molar-refractivity contribution in [2.45, 2.75) is 33.1 Å². The van der Waals surface area contributed by atoms with Gasteiger partial charge in [0, 0.05) is 17.8 Å². The van der Waals surface area contributed by atoms with E-state index in [0.717, 1.165) is 18.3 Å². The van der Waals surface area contributed by atoms with E-state index in [2.05, 4.69) is 25.7 Å². The maximum absolute atomic E-state index is 14.4. The topological polar surface area (TPSA) is 105 Å². The Morgan fingerprint density at radius 2 is 1.59 bits per heavy atom. The van der Waals surface area contributed by atoms with Crippen LogP contribution in [-0.4, -0.2) is 53.5 Å². The van der Waals surface area contributed by atoms with Crippen LogP contribution in [0.15, 0.2) is 41.0 Å². The summed E-state index contributed by atoms with van der Waals surface area (Å²) in [5, 5.41) is 0. The van der Waals surface area contributed by atoms with E-state index in [4.69, 9.17) is 14.2 Å². The zero-order chi connectivity index (χ0) is 28.9. The molecule has 1 unspecified atom stereocenters. The minimum absolute atomic E-state index is 0.105.